The first-order valence-corrected chi connectivity index (χ1v) is 25.0. The zero-order valence-electron chi connectivity index (χ0n) is 36.3. The van der Waals surface area contributed by atoms with Gasteiger partial charge in [0.2, 0.25) is 0 Å². The van der Waals surface area contributed by atoms with E-state index in [-0.39, 0.29) is 29.2 Å². The fraction of sp³-hybridized carbons (Fsp3) is 0.319. The van der Waals surface area contributed by atoms with Crippen LogP contribution in [-0.4, -0.2) is 78.2 Å². The minimum absolute atomic E-state index is 0.0793. The number of pyridine rings is 1. The SMILES string of the molecule is CC(CCN1C=C(C#Cc2ccc(S(=O)(=O)O)cc2)C=C2C1=N/C(=C\C=C\C1=Nc3c(cc(C#Cc4ccc(S(=O)(=O)O)cc4)c[n+]3CCCCCC(=O)O)C1(C)C)C2(C)C)S(=O)(=O)O. The van der Waals surface area contributed by atoms with Gasteiger partial charge in [-0.3, -0.25) is 18.5 Å². The number of benzene rings is 2. The average molecular weight is 942 g/mol. The van der Waals surface area contributed by atoms with E-state index in [1.54, 1.807) is 6.20 Å². The molecule has 6 rings (SSSR count). The molecule has 18 heteroatoms. The molecule has 1 aromatic heterocycles. The van der Waals surface area contributed by atoms with Crippen LogP contribution in [-0.2, 0) is 47.1 Å². The van der Waals surface area contributed by atoms with Gasteiger partial charge in [0.15, 0.2) is 5.71 Å². The first-order chi connectivity index (χ1) is 30.3. The number of carboxylic acids is 1. The number of nitrogens with zero attached hydrogens (tertiary/aromatic N) is 4. The summed E-state index contributed by atoms with van der Waals surface area (Å²) in [5.74, 6) is 12.9. The van der Waals surface area contributed by atoms with E-state index in [1.165, 1.54) is 55.5 Å². The predicted octanol–water partition coefficient (Wildman–Crippen LogP) is 6.60. The third kappa shape index (κ3) is 11.6. The molecule has 1 unspecified atom stereocenters. The third-order valence-corrected chi connectivity index (χ3v) is 14.4. The summed E-state index contributed by atoms with van der Waals surface area (Å²) in [6, 6.07) is 13.0. The van der Waals surface area contributed by atoms with Crippen molar-refractivity contribution < 1.29 is 53.4 Å². The lowest BCUT2D eigenvalue weighted by molar-refractivity contribution is -0.685. The average Bonchev–Trinajstić information content (AvgIpc) is 3.63. The van der Waals surface area contributed by atoms with E-state index in [2.05, 4.69) is 37.5 Å². The van der Waals surface area contributed by atoms with Crippen LogP contribution in [0.1, 0.15) is 89.0 Å². The van der Waals surface area contributed by atoms with Crippen LogP contribution in [0.4, 0.5) is 5.82 Å². The van der Waals surface area contributed by atoms with Crippen molar-refractivity contribution in [1.29, 1.82) is 0 Å². The number of fused-ring (bicyclic) bond motifs is 2. The normalized spacial score (nSPS) is 17.5. The number of hydrogen-bond acceptors (Lipinski definition) is 10. The van der Waals surface area contributed by atoms with E-state index in [0.717, 1.165) is 22.7 Å². The molecule has 0 saturated carbocycles. The van der Waals surface area contributed by atoms with E-state index < -0.39 is 52.4 Å². The van der Waals surface area contributed by atoms with Crippen LogP contribution in [0, 0.1) is 29.1 Å². The van der Waals surface area contributed by atoms with Crippen molar-refractivity contribution >= 4 is 53.7 Å². The van der Waals surface area contributed by atoms with Gasteiger partial charge in [-0.2, -0.15) is 25.3 Å². The molecule has 15 nitrogen and oxygen atoms in total. The molecule has 2 aromatic carbocycles. The van der Waals surface area contributed by atoms with E-state index in [0.29, 0.717) is 59.6 Å². The summed E-state index contributed by atoms with van der Waals surface area (Å²) in [6.45, 7) is 10.3. The second-order valence-electron chi connectivity index (χ2n) is 16.9. The van der Waals surface area contributed by atoms with Crippen molar-refractivity contribution in [2.24, 2.45) is 15.4 Å². The molecule has 0 fully saturated rings. The molecule has 340 valence electrons. The van der Waals surface area contributed by atoms with Crippen molar-refractivity contribution in [3.63, 3.8) is 0 Å². The molecule has 3 aliphatic rings. The Morgan fingerprint density at radius 3 is 1.95 bits per heavy atom. The monoisotopic (exact) mass is 941 g/mol. The molecular weight excluding hydrogens is 893 g/mol. The van der Waals surface area contributed by atoms with Gasteiger partial charge in [0.1, 0.15) is 12.0 Å². The minimum atomic E-state index is -4.37. The van der Waals surface area contributed by atoms with E-state index in [9.17, 15) is 43.7 Å². The van der Waals surface area contributed by atoms with Gasteiger partial charge in [0, 0.05) is 46.9 Å². The van der Waals surface area contributed by atoms with Gasteiger partial charge in [-0.05, 0) is 124 Å². The maximum Gasteiger partial charge on any atom is 0.327 e. The minimum Gasteiger partial charge on any atom is -0.481 e. The van der Waals surface area contributed by atoms with Crippen molar-refractivity contribution in [3.8, 4) is 23.7 Å². The van der Waals surface area contributed by atoms with Crippen LogP contribution >= 0.6 is 0 Å². The standard InChI is InChI=1S/C47H48N4O11S3/c1-32(63(54,55)56)25-27-51-31-36(16-14-34-19-23-38(24-20-34)65(60,61)62)29-40-45(51)49-42(47(40,4)5)11-9-10-41-46(2,3)39-28-35(15-13-33-17-21-37(22-18-33)64(57,58)59)30-50(44(39)48-41)26-8-6-7-12-43(52)53/h9-11,17-24,28-32H,6-8,12,25-27H2,1-5H3,(H3-,52,53,54,55,56,57,58,59,60,61,62)/p+1. The Morgan fingerprint density at radius 2 is 1.38 bits per heavy atom. The molecule has 4 heterocycles. The van der Waals surface area contributed by atoms with Crippen molar-refractivity contribution in [3.05, 3.63) is 130 Å². The topological polar surface area (TPSA) is 232 Å². The molecule has 65 heavy (non-hydrogen) atoms. The molecule has 1 atom stereocenters. The molecular formula is C47H49N4O11S3+. The quantitative estimate of drug-likeness (QED) is 0.0580. The lowest BCUT2D eigenvalue weighted by Crippen LogP contribution is -2.35. The summed E-state index contributed by atoms with van der Waals surface area (Å²) in [5.41, 5.74) is 4.29. The number of aryl methyl sites for hydroxylation is 1. The summed E-state index contributed by atoms with van der Waals surface area (Å²) in [5, 5.41) is 8.08. The largest absolute Gasteiger partial charge is 0.481 e. The molecule has 0 spiro atoms. The highest BCUT2D eigenvalue weighted by molar-refractivity contribution is 7.86. The molecule has 0 radical (unpaired) electrons. The smallest absolute Gasteiger partial charge is 0.327 e. The summed E-state index contributed by atoms with van der Waals surface area (Å²) in [6.07, 6.45) is 13.4. The molecule has 3 aliphatic heterocycles. The van der Waals surface area contributed by atoms with Crippen LogP contribution in [0.25, 0.3) is 0 Å². The Balaban J connectivity index is 1.30. The number of aliphatic imine (C=N–C) groups is 2. The number of amidine groups is 1. The number of aliphatic carboxylic acids is 1. The van der Waals surface area contributed by atoms with Crippen LogP contribution in [0.3, 0.4) is 0 Å². The lowest BCUT2D eigenvalue weighted by Gasteiger charge is -2.30. The van der Waals surface area contributed by atoms with Crippen molar-refractivity contribution in [1.82, 2.24) is 4.90 Å². The lowest BCUT2D eigenvalue weighted by atomic mass is 9.80. The number of hydrogen-bond donors (Lipinski definition) is 4. The molecule has 0 aliphatic carbocycles. The molecule has 0 bridgehead atoms. The maximum atomic E-state index is 11.9. The summed E-state index contributed by atoms with van der Waals surface area (Å²) in [4.78, 5) is 22.5. The number of carbonyl (C=O) groups is 1. The molecule has 4 N–H and O–H groups in total. The third-order valence-electron chi connectivity index (χ3n) is 11.4. The Kier molecular flexibility index (Phi) is 14.1. The highest BCUT2D eigenvalue weighted by Crippen LogP contribution is 2.45. The molecule has 0 saturated heterocycles. The number of unbranched alkanes of at least 4 members (excludes halogenated alkanes) is 2. The summed E-state index contributed by atoms with van der Waals surface area (Å²) in [7, 11) is -13.0. The zero-order chi connectivity index (χ0) is 47.5. The highest BCUT2D eigenvalue weighted by atomic mass is 32.2. The van der Waals surface area contributed by atoms with E-state index in [4.69, 9.17) is 15.1 Å². The first-order valence-electron chi connectivity index (χ1n) is 20.6. The molecule has 0 amide bonds. The second kappa shape index (κ2) is 18.9. The Hall–Kier alpha value is -5.99. The van der Waals surface area contributed by atoms with Gasteiger partial charge in [0.25, 0.3) is 30.4 Å². The highest BCUT2D eigenvalue weighted by Gasteiger charge is 2.43. The Bertz CT molecular complexity index is 3090. The predicted molar refractivity (Wildman–Crippen MR) is 245 cm³/mol. The molecule has 3 aromatic rings. The second-order valence-corrected chi connectivity index (χ2v) is 21.6. The number of carboxylic acid groups (broad SMARTS) is 1. The van der Waals surface area contributed by atoms with Crippen LogP contribution < -0.4 is 4.57 Å². The first kappa shape index (κ1) is 48.5. The van der Waals surface area contributed by atoms with E-state index in [1.807, 2.05) is 59.9 Å². The summed E-state index contributed by atoms with van der Waals surface area (Å²) >= 11 is 0. The van der Waals surface area contributed by atoms with E-state index >= 15 is 0 Å². The van der Waals surface area contributed by atoms with Gasteiger partial charge in [-0.25, -0.2) is 9.56 Å². The fourth-order valence-electron chi connectivity index (χ4n) is 7.35. The van der Waals surface area contributed by atoms with Crippen molar-refractivity contribution in [2.75, 3.05) is 6.54 Å². The van der Waals surface area contributed by atoms with Gasteiger partial charge in [-0.15, -0.1) is 0 Å². The van der Waals surface area contributed by atoms with Gasteiger partial charge >= 0.3 is 11.8 Å². The summed E-state index contributed by atoms with van der Waals surface area (Å²) < 4.78 is 100. The Morgan fingerprint density at radius 1 is 0.800 bits per heavy atom. The maximum absolute atomic E-state index is 11.9. The van der Waals surface area contributed by atoms with Crippen LogP contribution in [0.15, 0.2) is 128 Å². The van der Waals surface area contributed by atoms with Crippen LogP contribution in [0.5, 0.6) is 0 Å². The number of aromatic nitrogens is 1. The number of rotatable bonds is 14. The van der Waals surface area contributed by atoms with Crippen LogP contribution in [0.2, 0.25) is 0 Å². The van der Waals surface area contributed by atoms with Gasteiger partial charge < -0.3 is 10.0 Å². The Labute approximate surface area is 380 Å². The van der Waals surface area contributed by atoms with Crippen molar-refractivity contribution in [2.45, 2.75) is 93.7 Å². The fourth-order valence-corrected chi connectivity index (χ4v) is 8.71. The number of allylic oxidation sites excluding steroid dienone is 6. The van der Waals surface area contributed by atoms with Gasteiger partial charge in [-0.1, -0.05) is 43.6 Å². The zero-order valence-corrected chi connectivity index (χ0v) is 38.8. The van der Waals surface area contributed by atoms with Gasteiger partial charge in [0.05, 0.1) is 43.8 Å².